The van der Waals surface area contributed by atoms with Crippen LogP contribution in [0.25, 0.3) is 0 Å². The van der Waals surface area contributed by atoms with E-state index in [1.54, 1.807) is 0 Å². The molecule has 4 N–H and O–H groups in total. The van der Waals surface area contributed by atoms with Gasteiger partial charge >= 0.3 is 16.4 Å². The molecule has 0 radical (unpaired) electrons. The van der Waals surface area contributed by atoms with Crippen LogP contribution >= 0.6 is 0 Å². The molecule has 0 saturated carbocycles. The Balaban J connectivity index is 2.32. The first-order chi connectivity index (χ1) is 36.1. The van der Waals surface area contributed by atoms with Gasteiger partial charge in [-0.3, -0.25) is 9.35 Å². The standard InChI is InChI=1S/C61H106O12S/c1-3-5-7-9-11-13-15-17-19-21-23-25-27-29-31-33-35-37-39-41-43-45-47-49-51-69-53-55(54-70-61-59(65)60(73-74(66,67)68)58(64)56(52-62)72-61)71-57(63)50-48-46-44-42-40-38-36-34-32-30-28-26-24-22-20-18-16-14-12-10-8-6-4-2/h5,7,11,13,17,19,22-25,29,31,35,37,55-56,58-62,64-65H,3-4,6,8-10,12,14-16,18,20-21,26-28,30,32-34,36,38-54H2,1-2H3,(H,66,67,68)/b7-5-,13-11-,19-17-,24-22-,25-23-,31-29-,37-35-. The fourth-order valence-corrected chi connectivity index (χ4v) is 9.12. The highest BCUT2D eigenvalue weighted by atomic mass is 32.3. The number of allylic oxidation sites excluding steroid dienone is 14. The van der Waals surface area contributed by atoms with Crippen molar-refractivity contribution in [3.63, 3.8) is 0 Å². The Bertz CT molecular complexity index is 1600. The minimum absolute atomic E-state index is 0.0185. The van der Waals surface area contributed by atoms with Crippen molar-refractivity contribution in [1.82, 2.24) is 0 Å². The summed E-state index contributed by atoms with van der Waals surface area (Å²) in [6.07, 6.45) is 60.5. The fraction of sp³-hybridized carbons (Fsp3) is 0.754. The van der Waals surface area contributed by atoms with Crippen molar-refractivity contribution in [2.75, 3.05) is 26.4 Å². The number of rotatable bonds is 51. The van der Waals surface area contributed by atoms with Gasteiger partial charge in [0.2, 0.25) is 0 Å². The van der Waals surface area contributed by atoms with Crippen LogP contribution in [0.5, 0.6) is 0 Å². The van der Waals surface area contributed by atoms with Crippen LogP contribution in [0, 0.1) is 0 Å². The lowest BCUT2D eigenvalue weighted by Crippen LogP contribution is -2.60. The van der Waals surface area contributed by atoms with Crippen molar-refractivity contribution in [2.45, 2.75) is 269 Å². The summed E-state index contributed by atoms with van der Waals surface area (Å²) in [4.78, 5) is 13.0. The summed E-state index contributed by atoms with van der Waals surface area (Å²) in [6, 6.07) is 0. The van der Waals surface area contributed by atoms with Crippen molar-refractivity contribution in [3.8, 4) is 0 Å². The molecule has 0 aromatic rings. The van der Waals surface area contributed by atoms with Crippen molar-refractivity contribution in [1.29, 1.82) is 0 Å². The molecule has 1 aliphatic rings. The summed E-state index contributed by atoms with van der Waals surface area (Å²) in [5.74, 6) is -0.408. The molecule has 0 bridgehead atoms. The molecule has 0 aromatic heterocycles. The molecule has 6 atom stereocenters. The molecular formula is C61H106O12S. The van der Waals surface area contributed by atoms with Gasteiger partial charge in [-0.15, -0.1) is 0 Å². The van der Waals surface area contributed by atoms with Gasteiger partial charge in [0, 0.05) is 13.0 Å². The third-order valence-electron chi connectivity index (χ3n) is 13.0. The number of hydrogen-bond acceptors (Lipinski definition) is 11. The Kier molecular flexibility index (Phi) is 47.8. The third-order valence-corrected chi connectivity index (χ3v) is 13.5. The van der Waals surface area contributed by atoms with Gasteiger partial charge in [0.05, 0.1) is 19.8 Å². The number of aliphatic hydroxyl groups excluding tert-OH is 3. The van der Waals surface area contributed by atoms with E-state index in [-0.39, 0.29) is 19.6 Å². The molecule has 1 aliphatic heterocycles. The zero-order valence-electron chi connectivity index (χ0n) is 46.4. The van der Waals surface area contributed by atoms with E-state index in [9.17, 15) is 33.1 Å². The van der Waals surface area contributed by atoms with E-state index < -0.39 is 59.8 Å². The zero-order valence-corrected chi connectivity index (χ0v) is 47.2. The minimum atomic E-state index is -5.08. The minimum Gasteiger partial charge on any atom is -0.457 e. The average molecular weight is 1060 g/mol. The Morgan fingerprint density at radius 3 is 1.38 bits per heavy atom. The van der Waals surface area contributed by atoms with E-state index in [4.69, 9.17) is 18.9 Å². The summed E-state index contributed by atoms with van der Waals surface area (Å²) in [5.41, 5.74) is 0. The van der Waals surface area contributed by atoms with Crippen LogP contribution in [-0.2, 0) is 38.3 Å². The van der Waals surface area contributed by atoms with Crippen molar-refractivity contribution in [3.05, 3.63) is 85.1 Å². The van der Waals surface area contributed by atoms with E-state index in [0.29, 0.717) is 13.0 Å². The molecule has 0 aliphatic carbocycles. The Morgan fingerprint density at radius 2 is 0.932 bits per heavy atom. The van der Waals surface area contributed by atoms with Gasteiger partial charge < -0.3 is 34.3 Å². The first-order valence-corrected chi connectivity index (χ1v) is 30.7. The van der Waals surface area contributed by atoms with E-state index >= 15 is 0 Å². The molecular weight excluding hydrogens is 957 g/mol. The zero-order chi connectivity index (χ0) is 53.8. The second-order valence-corrected chi connectivity index (χ2v) is 20.9. The van der Waals surface area contributed by atoms with Gasteiger partial charge in [-0.1, -0.05) is 221 Å². The molecule has 1 saturated heterocycles. The monoisotopic (exact) mass is 1060 g/mol. The SMILES string of the molecule is CC/C=C\C/C=C\C/C=C\C/C=C\C/C=C\C/C=C\CCCCCCCOCC(COC1OC(CO)C(O)C(OS(=O)(=O)O)C1O)OC(=O)CCCCCCCCCCCCC/C=C\CCCCCCCCCC. The maximum atomic E-state index is 13.0. The largest absolute Gasteiger partial charge is 0.457 e. The van der Waals surface area contributed by atoms with Crippen LogP contribution in [0.15, 0.2) is 85.1 Å². The lowest BCUT2D eigenvalue weighted by molar-refractivity contribution is -0.301. The predicted molar refractivity (Wildman–Crippen MR) is 303 cm³/mol. The number of ether oxygens (including phenoxy) is 4. The quantitative estimate of drug-likeness (QED) is 0.0196. The van der Waals surface area contributed by atoms with Crippen LogP contribution in [-0.4, -0.2) is 97.5 Å². The van der Waals surface area contributed by atoms with E-state index in [2.05, 4.69) is 103 Å². The summed E-state index contributed by atoms with van der Waals surface area (Å²) in [5, 5.41) is 30.9. The molecule has 1 rings (SSSR count). The molecule has 12 nitrogen and oxygen atoms in total. The molecule has 0 spiro atoms. The highest BCUT2D eigenvalue weighted by Crippen LogP contribution is 2.26. The van der Waals surface area contributed by atoms with Crippen molar-refractivity contribution >= 4 is 16.4 Å². The number of carbonyl (C=O) groups is 1. The van der Waals surface area contributed by atoms with Crippen LogP contribution in [0.4, 0.5) is 0 Å². The van der Waals surface area contributed by atoms with Crippen LogP contribution in [0.3, 0.4) is 0 Å². The van der Waals surface area contributed by atoms with Gasteiger partial charge in [-0.25, -0.2) is 4.18 Å². The van der Waals surface area contributed by atoms with Gasteiger partial charge in [-0.2, -0.15) is 8.42 Å². The molecule has 74 heavy (non-hydrogen) atoms. The highest BCUT2D eigenvalue weighted by Gasteiger charge is 2.48. The maximum absolute atomic E-state index is 13.0. The summed E-state index contributed by atoms with van der Waals surface area (Å²) < 4.78 is 59.4. The molecule has 428 valence electrons. The average Bonchev–Trinajstić information content (AvgIpc) is 3.38. The number of esters is 1. The normalized spacial score (nSPS) is 19.4. The number of aliphatic hydroxyl groups is 3. The number of unbranched alkanes of at least 4 members (excludes halogenated alkanes) is 24. The van der Waals surface area contributed by atoms with Gasteiger partial charge in [0.15, 0.2) is 6.29 Å². The smallest absolute Gasteiger partial charge is 0.397 e. The number of hydrogen-bond donors (Lipinski definition) is 4. The summed E-state index contributed by atoms with van der Waals surface area (Å²) >= 11 is 0. The Hall–Kier alpha value is -2.72. The predicted octanol–water partition coefficient (Wildman–Crippen LogP) is 14.8. The molecule has 6 unspecified atom stereocenters. The Morgan fingerprint density at radius 1 is 0.527 bits per heavy atom. The maximum Gasteiger partial charge on any atom is 0.397 e. The molecule has 0 aromatic carbocycles. The van der Waals surface area contributed by atoms with E-state index in [0.717, 1.165) is 96.3 Å². The van der Waals surface area contributed by atoms with Gasteiger partial charge in [0.1, 0.15) is 30.5 Å². The summed E-state index contributed by atoms with van der Waals surface area (Å²) in [6.45, 7) is 3.85. The molecule has 1 fully saturated rings. The van der Waals surface area contributed by atoms with E-state index in [1.165, 1.54) is 109 Å². The van der Waals surface area contributed by atoms with Crippen molar-refractivity contribution < 1.29 is 56.2 Å². The van der Waals surface area contributed by atoms with Crippen LogP contribution in [0.1, 0.15) is 232 Å². The second-order valence-electron chi connectivity index (χ2n) is 19.8. The van der Waals surface area contributed by atoms with Crippen LogP contribution in [0.2, 0.25) is 0 Å². The van der Waals surface area contributed by atoms with Crippen LogP contribution < -0.4 is 0 Å². The van der Waals surface area contributed by atoms with E-state index in [1.807, 2.05) is 0 Å². The first-order valence-electron chi connectivity index (χ1n) is 29.3. The van der Waals surface area contributed by atoms with Crippen molar-refractivity contribution in [2.24, 2.45) is 0 Å². The lowest BCUT2D eigenvalue weighted by Gasteiger charge is -2.41. The fourth-order valence-electron chi connectivity index (χ4n) is 8.61. The summed E-state index contributed by atoms with van der Waals surface area (Å²) in [7, 11) is -5.08. The molecule has 1 heterocycles. The lowest BCUT2D eigenvalue weighted by atomic mass is 9.99. The number of carbonyl (C=O) groups excluding carboxylic acids is 1. The van der Waals surface area contributed by atoms with Gasteiger partial charge in [0.25, 0.3) is 0 Å². The molecule has 13 heteroatoms. The second kappa shape index (κ2) is 51.1. The molecule has 0 amide bonds. The third kappa shape index (κ3) is 43.4. The van der Waals surface area contributed by atoms with Gasteiger partial charge in [-0.05, 0) is 89.9 Å². The topological polar surface area (TPSA) is 178 Å². The Labute approximate surface area is 451 Å². The first kappa shape index (κ1) is 69.3. The highest BCUT2D eigenvalue weighted by molar-refractivity contribution is 7.80.